The lowest BCUT2D eigenvalue weighted by Gasteiger charge is -2.15. The van der Waals surface area contributed by atoms with Gasteiger partial charge in [0.05, 0.1) is 16.3 Å². The molecule has 4 rings (SSSR count). The second-order valence-electron chi connectivity index (χ2n) is 7.40. The molecular formula is C23H24N4O3S. The molecule has 0 radical (unpaired) electrons. The number of carbonyl (C=O) groups is 1. The highest BCUT2D eigenvalue weighted by atomic mass is 32.2. The number of sulfonamides is 1. The van der Waals surface area contributed by atoms with Crippen molar-refractivity contribution in [2.24, 2.45) is 0 Å². The summed E-state index contributed by atoms with van der Waals surface area (Å²) in [4.78, 5) is 14.8. The summed E-state index contributed by atoms with van der Waals surface area (Å²) < 4.78 is 28.3. The van der Waals surface area contributed by atoms with Gasteiger partial charge in [-0.25, -0.2) is 17.8 Å². The molecule has 0 aliphatic carbocycles. The molecule has 1 N–H and O–H groups in total. The molecule has 0 saturated carbocycles. The van der Waals surface area contributed by atoms with Crippen LogP contribution in [0, 0.1) is 13.8 Å². The normalized spacial score (nSPS) is 13.7. The first kappa shape index (κ1) is 21.0. The molecule has 0 spiro atoms. The van der Waals surface area contributed by atoms with Crippen LogP contribution in [0.5, 0.6) is 0 Å². The number of nitrogens with one attached hydrogen (secondary N) is 1. The van der Waals surface area contributed by atoms with E-state index in [-0.39, 0.29) is 10.8 Å². The maximum absolute atomic E-state index is 12.9. The van der Waals surface area contributed by atoms with Crippen LogP contribution in [0.4, 0.5) is 5.69 Å². The van der Waals surface area contributed by atoms with Gasteiger partial charge in [0, 0.05) is 29.6 Å². The van der Waals surface area contributed by atoms with Crippen LogP contribution in [0.1, 0.15) is 22.5 Å². The minimum Gasteiger partial charge on any atom is -0.308 e. The Labute approximate surface area is 182 Å². The van der Waals surface area contributed by atoms with Gasteiger partial charge < -0.3 is 4.90 Å². The number of aromatic nitrogens is 2. The van der Waals surface area contributed by atoms with Crippen LogP contribution in [0.3, 0.4) is 0 Å². The molecule has 0 fully saturated rings. The van der Waals surface area contributed by atoms with Gasteiger partial charge in [-0.1, -0.05) is 18.2 Å². The standard InChI is InChI=1S/C23H24N4O3S/c1-16-21(17(2)27(25-16)19-7-5-4-6-8-19)10-12-23(28)26-14-13-18-15-20(9-11-22(18)26)31(29,30)24-3/h4-12,15,24H,13-14H2,1-3H3/b12-10+. The summed E-state index contributed by atoms with van der Waals surface area (Å²) >= 11 is 0. The Kier molecular flexibility index (Phi) is 5.51. The average molecular weight is 437 g/mol. The van der Waals surface area contributed by atoms with E-state index in [9.17, 15) is 13.2 Å². The van der Waals surface area contributed by atoms with E-state index in [0.29, 0.717) is 13.0 Å². The van der Waals surface area contributed by atoms with Crippen molar-refractivity contribution in [1.29, 1.82) is 0 Å². The van der Waals surface area contributed by atoms with E-state index in [1.807, 2.05) is 48.9 Å². The third-order valence-corrected chi connectivity index (χ3v) is 6.94. The van der Waals surface area contributed by atoms with Crippen molar-refractivity contribution in [3.8, 4) is 5.69 Å². The summed E-state index contributed by atoms with van der Waals surface area (Å²) in [5.74, 6) is -0.144. The van der Waals surface area contributed by atoms with E-state index in [4.69, 9.17) is 0 Å². The first-order valence-corrected chi connectivity index (χ1v) is 11.5. The average Bonchev–Trinajstić information content (AvgIpc) is 3.33. The molecule has 31 heavy (non-hydrogen) atoms. The molecule has 7 nitrogen and oxygen atoms in total. The van der Waals surface area contributed by atoms with Gasteiger partial charge in [0.1, 0.15) is 0 Å². The number of carbonyl (C=O) groups excluding carboxylic acids is 1. The Morgan fingerprint density at radius 2 is 1.87 bits per heavy atom. The van der Waals surface area contributed by atoms with Crippen molar-refractivity contribution in [3.63, 3.8) is 0 Å². The van der Waals surface area contributed by atoms with Crippen LogP contribution in [0.15, 0.2) is 59.5 Å². The zero-order valence-electron chi connectivity index (χ0n) is 17.7. The lowest BCUT2D eigenvalue weighted by Crippen LogP contribution is -2.26. The van der Waals surface area contributed by atoms with Crippen LogP contribution in [0.2, 0.25) is 0 Å². The van der Waals surface area contributed by atoms with Crippen molar-refractivity contribution in [2.45, 2.75) is 25.2 Å². The predicted octanol–water partition coefficient (Wildman–Crippen LogP) is 3.00. The Bertz CT molecular complexity index is 1280. The van der Waals surface area contributed by atoms with E-state index in [2.05, 4.69) is 9.82 Å². The molecule has 0 saturated heterocycles. The minimum atomic E-state index is -3.51. The van der Waals surface area contributed by atoms with E-state index in [1.54, 1.807) is 29.2 Å². The summed E-state index contributed by atoms with van der Waals surface area (Å²) in [6, 6.07) is 14.7. The highest BCUT2D eigenvalue weighted by molar-refractivity contribution is 7.89. The monoisotopic (exact) mass is 436 g/mol. The number of hydrogen-bond donors (Lipinski definition) is 1. The fourth-order valence-electron chi connectivity index (χ4n) is 3.85. The molecule has 2 aromatic carbocycles. The van der Waals surface area contributed by atoms with E-state index in [1.165, 1.54) is 13.1 Å². The number of fused-ring (bicyclic) bond motifs is 1. The zero-order chi connectivity index (χ0) is 22.2. The third-order valence-electron chi connectivity index (χ3n) is 5.53. The maximum atomic E-state index is 12.9. The van der Waals surface area contributed by atoms with Gasteiger partial charge in [-0.2, -0.15) is 5.10 Å². The molecule has 1 aromatic heterocycles. The van der Waals surface area contributed by atoms with Gasteiger partial charge in [-0.15, -0.1) is 0 Å². The van der Waals surface area contributed by atoms with Crippen molar-refractivity contribution in [2.75, 3.05) is 18.5 Å². The van der Waals surface area contributed by atoms with Crippen molar-refractivity contribution >= 4 is 27.7 Å². The van der Waals surface area contributed by atoms with Gasteiger partial charge in [0.25, 0.3) is 5.91 Å². The van der Waals surface area contributed by atoms with Crippen LogP contribution < -0.4 is 9.62 Å². The number of rotatable bonds is 5. The van der Waals surface area contributed by atoms with Crippen LogP contribution >= 0.6 is 0 Å². The number of hydrogen-bond acceptors (Lipinski definition) is 4. The van der Waals surface area contributed by atoms with Crippen molar-refractivity contribution < 1.29 is 13.2 Å². The van der Waals surface area contributed by atoms with Crippen LogP contribution in [-0.2, 0) is 21.2 Å². The highest BCUT2D eigenvalue weighted by Gasteiger charge is 2.25. The van der Waals surface area contributed by atoms with E-state index < -0.39 is 10.0 Å². The summed E-state index contributed by atoms with van der Waals surface area (Å²) in [6.07, 6.45) is 3.98. The summed E-state index contributed by atoms with van der Waals surface area (Å²) in [5, 5.41) is 4.61. The number of anilines is 1. The second kappa shape index (κ2) is 8.13. The predicted molar refractivity (Wildman–Crippen MR) is 121 cm³/mol. The SMILES string of the molecule is CNS(=O)(=O)c1ccc2c(c1)CCN2C(=O)/C=C/c1c(C)nn(-c2ccccc2)c1C. The molecular weight excluding hydrogens is 412 g/mol. The largest absolute Gasteiger partial charge is 0.308 e. The molecule has 0 atom stereocenters. The smallest absolute Gasteiger partial charge is 0.251 e. The summed E-state index contributed by atoms with van der Waals surface area (Å²) in [7, 11) is -2.13. The zero-order valence-corrected chi connectivity index (χ0v) is 18.5. The molecule has 1 amide bonds. The molecule has 0 bridgehead atoms. The first-order chi connectivity index (χ1) is 14.8. The lowest BCUT2D eigenvalue weighted by molar-refractivity contribution is -0.114. The topological polar surface area (TPSA) is 84.3 Å². The number of para-hydroxylation sites is 1. The molecule has 160 valence electrons. The third kappa shape index (κ3) is 3.92. The van der Waals surface area contributed by atoms with Crippen molar-refractivity contribution in [1.82, 2.24) is 14.5 Å². The molecule has 0 unspecified atom stereocenters. The molecule has 3 aromatic rings. The molecule has 2 heterocycles. The van der Waals surface area contributed by atoms with Gasteiger partial charge >= 0.3 is 0 Å². The van der Waals surface area contributed by atoms with Gasteiger partial charge in [-0.3, -0.25) is 4.79 Å². The van der Waals surface area contributed by atoms with E-state index >= 15 is 0 Å². The Balaban J connectivity index is 1.58. The Hall–Kier alpha value is -3.23. The highest BCUT2D eigenvalue weighted by Crippen LogP contribution is 2.30. The first-order valence-electron chi connectivity index (χ1n) is 9.99. The van der Waals surface area contributed by atoms with Crippen LogP contribution in [0.25, 0.3) is 11.8 Å². The molecule has 8 heteroatoms. The summed E-state index contributed by atoms with van der Waals surface area (Å²) in [6.45, 7) is 4.42. The second-order valence-corrected chi connectivity index (χ2v) is 9.29. The number of benzene rings is 2. The quantitative estimate of drug-likeness (QED) is 0.623. The lowest BCUT2D eigenvalue weighted by atomic mass is 10.1. The van der Waals surface area contributed by atoms with Gasteiger partial charge in [0.2, 0.25) is 10.0 Å². The Morgan fingerprint density at radius 1 is 1.13 bits per heavy atom. The van der Waals surface area contributed by atoms with E-state index in [0.717, 1.165) is 33.9 Å². The summed E-state index contributed by atoms with van der Waals surface area (Å²) in [5.41, 5.74) is 5.27. The van der Waals surface area contributed by atoms with Crippen molar-refractivity contribution in [3.05, 3.63) is 77.1 Å². The Morgan fingerprint density at radius 3 is 2.58 bits per heavy atom. The maximum Gasteiger partial charge on any atom is 0.251 e. The number of aryl methyl sites for hydroxylation is 1. The fraction of sp³-hybridized carbons (Fsp3) is 0.217. The molecule has 1 aliphatic heterocycles. The molecule has 1 aliphatic rings. The number of nitrogens with zero attached hydrogens (tertiary/aromatic N) is 3. The number of amides is 1. The van der Waals surface area contributed by atoms with Crippen LogP contribution in [-0.4, -0.2) is 37.7 Å². The van der Waals surface area contributed by atoms with Gasteiger partial charge in [-0.05, 0) is 69.3 Å². The minimum absolute atomic E-state index is 0.144. The fourth-order valence-corrected chi connectivity index (χ4v) is 4.63. The van der Waals surface area contributed by atoms with Gasteiger partial charge in [0.15, 0.2) is 0 Å².